The SMILES string of the molecule is C=C1Nc2ccccc2C(c2ccccc2)=NC1NC(=N)OC(=N)c1cc(C2CC2)sc1N1CCOCC1. The van der Waals surface area contributed by atoms with Crippen LogP contribution in [0.1, 0.15) is 40.3 Å². The average molecular weight is 527 g/mol. The van der Waals surface area contributed by atoms with E-state index < -0.39 is 6.17 Å². The van der Waals surface area contributed by atoms with E-state index in [-0.39, 0.29) is 11.9 Å². The standard InChI is InChI=1S/C29H30N6O2S/c1-18-27(33-25(20-7-3-2-4-8-20)21-9-5-6-10-23(21)32-18)34-29(31)37-26(30)22-17-24(19-11-12-19)38-28(22)35-13-15-36-16-14-35/h2-10,17,19,27,30,32H,1,11-16H2,(H2,31,34). The van der Waals surface area contributed by atoms with Crippen molar-refractivity contribution >= 4 is 39.7 Å². The molecule has 2 aliphatic heterocycles. The Labute approximate surface area is 226 Å². The Morgan fingerprint density at radius 3 is 2.58 bits per heavy atom. The molecule has 1 unspecified atom stereocenters. The molecule has 8 nitrogen and oxygen atoms in total. The molecule has 4 N–H and O–H groups in total. The normalized spacial score (nSPS) is 19.1. The van der Waals surface area contributed by atoms with Crippen LogP contribution in [0.25, 0.3) is 0 Å². The molecule has 1 atom stereocenters. The van der Waals surface area contributed by atoms with Gasteiger partial charge < -0.3 is 25.0 Å². The number of benzodiazepines with no additional fused rings is 1. The number of nitrogens with zero attached hydrogens (tertiary/aromatic N) is 2. The number of hydrogen-bond acceptors (Lipinski definition) is 8. The van der Waals surface area contributed by atoms with Crippen molar-refractivity contribution in [3.05, 3.63) is 94.5 Å². The monoisotopic (exact) mass is 526 g/mol. The van der Waals surface area contributed by atoms with Gasteiger partial charge in [0, 0.05) is 34.8 Å². The molecule has 9 heteroatoms. The van der Waals surface area contributed by atoms with E-state index in [0.717, 1.165) is 46.2 Å². The van der Waals surface area contributed by atoms with Gasteiger partial charge in [0.1, 0.15) is 5.00 Å². The lowest BCUT2D eigenvalue weighted by atomic mass is 10.0. The first-order chi connectivity index (χ1) is 18.6. The lowest BCUT2D eigenvalue weighted by Crippen LogP contribution is -2.39. The Bertz CT molecular complexity index is 1410. The largest absolute Gasteiger partial charge is 0.407 e. The van der Waals surface area contributed by atoms with Gasteiger partial charge in [-0.2, -0.15) is 0 Å². The minimum atomic E-state index is -0.666. The summed E-state index contributed by atoms with van der Waals surface area (Å²) in [6.45, 7) is 7.08. The van der Waals surface area contributed by atoms with Crippen molar-refractivity contribution in [1.82, 2.24) is 5.32 Å². The summed E-state index contributed by atoms with van der Waals surface area (Å²) in [5.41, 5.74) is 4.91. The molecule has 0 spiro atoms. The maximum absolute atomic E-state index is 8.76. The van der Waals surface area contributed by atoms with Crippen LogP contribution in [0.3, 0.4) is 0 Å². The van der Waals surface area contributed by atoms with E-state index >= 15 is 0 Å². The summed E-state index contributed by atoms with van der Waals surface area (Å²) < 4.78 is 11.3. The van der Waals surface area contributed by atoms with Gasteiger partial charge in [0.2, 0.25) is 5.90 Å². The fourth-order valence-corrected chi connectivity index (χ4v) is 6.08. The van der Waals surface area contributed by atoms with E-state index in [1.54, 1.807) is 11.3 Å². The third-order valence-electron chi connectivity index (χ3n) is 6.84. The summed E-state index contributed by atoms with van der Waals surface area (Å²) in [7, 11) is 0. The molecule has 1 aliphatic carbocycles. The molecular formula is C29H30N6O2S. The molecule has 3 aliphatic rings. The van der Waals surface area contributed by atoms with E-state index in [1.165, 1.54) is 17.7 Å². The predicted molar refractivity (Wildman–Crippen MR) is 153 cm³/mol. The predicted octanol–water partition coefficient (Wildman–Crippen LogP) is 5.13. The van der Waals surface area contributed by atoms with Gasteiger partial charge in [-0.05, 0) is 30.9 Å². The molecule has 2 aromatic carbocycles. The molecular weight excluding hydrogens is 496 g/mol. The van der Waals surface area contributed by atoms with Crippen molar-refractivity contribution in [1.29, 1.82) is 10.8 Å². The molecule has 1 saturated carbocycles. The first-order valence-electron chi connectivity index (χ1n) is 12.8. The highest BCUT2D eigenvalue weighted by Crippen LogP contribution is 2.47. The lowest BCUT2D eigenvalue weighted by Gasteiger charge is -2.28. The molecule has 194 valence electrons. The number of hydrogen-bond donors (Lipinski definition) is 4. The Kier molecular flexibility index (Phi) is 6.70. The fourth-order valence-electron chi connectivity index (χ4n) is 4.71. The van der Waals surface area contributed by atoms with E-state index in [4.69, 9.17) is 25.3 Å². The van der Waals surface area contributed by atoms with Gasteiger partial charge in [-0.1, -0.05) is 55.1 Å². The zero-order valence-electron chi connectivity index (χ0n) is 21.0. The van der Waals surface area contributed by atoms with Crippen LogP contribution in [-0.4, -0.2) is 50.1 Å². The van der Waals surface area contributed by atoms with Gasteiger partial charge in [0.05, 0.1) is 30.2 Å². The van der Waals surface area contributed by atoms with Gasteiger partial charge in [0.15, 0.2) is 6.17 Å². The van der Waals surface area contributed by atoms with Crippen molar-refractivity contribution in [3.63, 3.8) is 0 Å². The molecule has 3 heterocycles. The molecule has 6 rings (SSSR count). The zero-order valence-corrected chi connectivity index (χ0v) is 21.8. The maximum atomic E-state index is 8.76. The summed E-state index contributed by atoms with van der Waals surface area (Å²) in [6.07, 6.45) is 1.71. The number of benzene rings is 2. The molecule has 0 amide bonds. The van der Waals surface area contributed by atoms with Crippen molar-refractivity contribution in [3.8, 4) is 0 Å². The number of ether oxygens (including phenoxy) is 2. The van der Waals surface area contributed by atoms with Crippen molar-refractivity contribution in [2.45, 2.75) is 24.9 Å². The summed E-state index contributed by atoms with van der Waals surface area (Å²) in [5, 5.41) is 24.7. The maximum Gasteiger partial charge on any atom is 0.290 e. The Morgan fingerprint density at radius 2 is 1.82 bits per heavy atom. The van der Waals surface area contributed by atoms with E-state index in [9.17, 15) is 0 Å². The minimum absolute atomic E-state index is 0.0464. The van der Waals surface area contributed by atoms with Gasteiger partial charge in [-0.15, -0.1) is 11.3 Å². The quantitative estimate of drug-likeness (QED) is 0.272. The van der Waals surface area contributed by atoms with Gasteiger partial charge in [-0.25, -0.2) is 0 Å². The van der Waals surface area contributed by atoms with E-state index in [2.05, 4.69) is 28.2 Å². The summed E-state index contributed by atoms with van der Waals surface area (Å²) in [5.74, 6) is 0.529. The van der Waals surface area contributed by atoms with Crippen molar-refractivity contribution < 1.29 is 9.47 Å². The lowest BCUT2D eigenvalue weighted by molar-refractivity contribution is 0.123. The van der Waals surface area contributed by atoms with Crippen LogP contribution >= 0.6 is 11.3 Å². The van der Waals surface area contributed by atoms with E-state index in [0.29, 0.717) is 24.8 Å². The first kappa shape index (κ1) is 24.4. The topological polar surface area (TPSA) is 106 Å². The van der Waals surface area contributed by atoms with Crippen LogP contribution in [0.2, 0.25) is 0 Å². The third-order valence-corrected chi connectivity index (χ3v) is 8.20. The van der Waals surface area contributed by atoms with E-state index in [1.807, 2.05) is 54.6 Å². The van der Waals surface area contributed by atoms with Crippen LogP contribution in [0, 0.1) is 10.8 Å². The molecule has 0 radical (unpaired) electrons. The van der Waals surface area contributed by atoms with Crippen LogP contribution in [-0.2, 0) is 9.47 Å². The highest BCUT2D eigenvalue weighted by atomic mass is 32.1. The minimum Gasteiger partial charge on any atom is -0.407 e. The van der Waals surface area contributed by atoms with Crippen LogP contribution in [0.15, 0.2) is 77.9 Å². The molecule has 1 aromatic heterocycles. The number of amidine groups is 1. The Balaban J connectivity index is 1.23. The molecule has 2 fully saturated rings. The van der Waals surface area contributed by atoms with Crippen molar-refractivity contribution in [2.24, 2.45) is 4.99 Å². The Morgan fingerprint density at radius 1 is 1.08 bits per heavy atom. The number of para-hydroxylation sites is 1. The van der Waals surface area contributed by atoms with Crippen LogP contribution in [0.5, 0.6) is 0 Å². The second-order valence-corrected chi connectivity index (χ2v) is 10.7. The molecule has 1 saturated heterocycles. The number of morpholine rings is 1. The van der Waals surface area contributed by atoms with Crippen LogP contribution < -0.4 is 15.5 Å². The molecule has 3 aromatic rings. The molecule has 38 heavy (non-hydrogen) atoms. The summed E-state index contributed by atoms with van der Waals surface area (Å²) in [4.78, 5) is 8.49. The van der Waals surface area contributed by atoms with Crippen molar-refractivity contribution in [2.75, 3.05) is 36.5 Å². The fraction of sp³-hybridized carbons (Fsp3) is 0.276. The number of thiophene rings is 1. The number of nitrogens with one attached hydrogen (secondary N) is 4. The summed E-state index contributed by atoms with van der Waals surface area (Å²) >= 11 is 1.73. The average Bonchev–Trinajstić information content (AvgIpc) is 3.71. The highest BCUT2D eigenvalue weighted by Gasteiger charge is 2.30. The number of anilines is 2. The highest BCUT2D eigenvalue weighted by molar-refractivity contribution is 7.16. The zero-order chi connectivity index (χ0) is 26.1. The second-order valence-electron chi connectivity index (χ2n) is 9.59. The Hall–Kier alpha value is -3.95. The van der Waals surface area contributed by atoms with Gasteiger partial charge >= 0.3 is 0 Å². The summed E-state index contributed by atoms with van der Waals surface area (Å²) in [6, 6.07) is 19.7. The van der Waals surface area contributed by atoms with Crippen LogP contribution in [0.4, 0.5) is 10.7 Å². The number of aliphatic imine (C=N–C) groups is 1. The number of fused-ring (bicyclic) bond motifs is 1. The first-order valence-corrected chi connectivity index (χ1v) is 13.6. The van der Waals surface area contributed by atoms with Gasteiger partial charge in [0.25, 0.3) is 6.02 Å². The molecule has 0 bridgehead atoms. The third kappa shape index (κ3) is 5.07. The van der Waals surface area contributed by atoms with Gasteiger partial charge in [-0.3, -0.25) is 15.8 Å². The number of rotatable bonds is 5. The smallest absolute Gasteiger partial charge is 0.290 e. The second kappa shape index (κ2) is 10.4.